The first-order chi connectivity index (χ1) is 8.70. The average Bonchev–Trinajstić information content (AvgIpc) is 2.98. The van der Waals surface area contributed by atoms with Crippen molar-refractivity contribution in [3.8, 4) is 0 Å². The number of anilines is 1. The van der Waals surface area contributed by atoms with Gasteiger partial charge in [0.2, 0.25) is 0 Å². The van der Waals surface area contributed by atoms with Crippen molar-refractivity contribution in [3.63, 3.8) is 0 Å². The van der Waals surface area contributed by atoms with E-state index in [1.165, 1.54) is 18.4 Å². The Hall–Kier alpha value is -1.96. The van der Waals surface area contributed by atoms with Crippen LogP contribution in [0.4, 0.5) is 5.13 Å². The molecule has 0 aliphatic heterocycles. The van der Waals surface area contributed by atoms with E-state index < -0.39 is 0 Å². The smallest absolute Gasteiger partial charge is 0.350 e. The summed E-state index contributed by atoms with van der Waals surface area (Å²) in [6, 6.07) is 0. The third kappa shape index (κ3) is 2.83. The van der Waals surface area contributed by atoms with E-state index in [-0.39, 0.29) is 5.97 Å². The zero-order chi connectivity index (χ0) is 13.0. The Bertz CT molecular complexity index is 522. The van der Waals surface area contributed by atoms with E-state index >= 15 is 0 Å². The van der Waals surface area contributed by atoms with Gasteiger partial charge in [0.05, 0.1) is 25.5 Å². The summed E-state index contributed by atoms with van der Waals surface area (Å²) in [7, 11) is 1.36. The molecular weight excluding hydrogens is 254 g/mol. The van der Waals surface area contributed by atoms with E-state index in [0.717, 1.165) is 0 Å². The highest BCUT2D eigenvalue weighted by Crippen LogP contribution is 2.22. The predicted molar refractivity (Wildman–Crippen MR) is 66.7 cm³/mol. The summed E-state index contributed by atoms with van der Waals surface area (Å²) in [5, 5.41) is 11.4. The van der Waals surface area contributed by atoms with Crippen molar-refractivity contribution in [2.45, 2.75) is 13.5 Å². The average molecular weight is 267 g/mol. The first-order valence-electron chi connectivity index (χ1n) is 5.34. The van der Waals surface area contributed by atoms with Gasteiger partial charge in [0.15, 0.2) is 5.13 Å². The molecule has 0 aliphatic carbocycles. The molecule has 18 heavy (non-hydrogen) atoms. The van der Waals surface area contributed by atoms with Gasteiger partial charge in [-0.05, 0) is 6.92 Å². The van der Waals surface area contributed by atoms with Crippen LogP contribution in [0.15, 0.2) is 12.4 Å². The summed E-state index contributed by atoms with van der Waals surface area (Å²) >= 11 is 1.29. The highest BCUT2D eigenvalue weighted by atomic mass is 32.1. The number of carbonyl (C=O) groups excluding carboxylic acids is 1. The van der Waals surface area contributed by atoms with Crippen LogP contribution in [-0.4, -0.2) is 39.6 Å². The molecule has 0 aromatic carbocycles. The second kappa shape index (κ2) is 5.58. The van der Waals surface area contributed by atoms with Crippen molar-refractivity contribution in [1.29, 1.82) is 0 Å². The Morgan fingerprint density at radius 3 is 3.11 bits per heavy atom. The van der Waals surface area contributed by atoms with Gasteiger partial charge in [-0.1, -0.05) is 16.6 Å². The summed E-state index contributed by atoms with van der Waals surface area (Å²) in [6.45, 7) is 3.13. The number of thiazole rings is 1. The van der Waals surface area contributed by atoms with Gasteiger partial charge in [-0.15, -0.1) is 5.10 Å². The van der Waals surface area contributed by atoms with E-state index in [0.29, 0.717) is 28.8 Å². The zero-order valence-electron chi connectivity index (χ0n) is 10.1. The first kappa shape index (κ1) is 12.5. The Morgan fingerprint density at radius 1 is 1.61 bits per heavy atom. The van der Waals surface area contributed by atoms with Crippen LogP contribution in [0.2, 0.25) is 0 Å². The number of carbonyl (C=O) groups is 1. The summed E-state index contributed by atoms with van der Waals surface area (Å²) in [4.78, 5) is 16.2. The van der Waals surface area contributed by atoms with Crippen LogP contribution < -0.4 is 5.32 Å². The Labute approximate surface area is 108 Å². The van der Waals surface area contributed by atoms with Gasteiger partial charge in [0, 0.05) is 12.7 Å². The van der Waals surface area contributed by atoms with E-state index in [9.17, 15) is 4.79 Å². The first-order valence-corrected chi connectivity index (χ1v) is 6.16. The maximum atomic E-state index is 11.4. The fraction of sp³-hybridized carbons (Fsp3) is 0.400. The number of ether oxygens (including phenoxy) is 1. The van der Waals surface area contributed by atoms with Crippen LogP contribution in [0.5, 0.6) is 0 Å². The van der Waals surface area contributed by atoms with Crippen molar-refractivity contribution >= 4 is 22.4 Å². The highest BCUT2D eigenvalue weighted by Gasteiger charge is 2.15. The summed E-state index contributed by atoms with van der Waals surface area (Å²) < 4.78 is 6.39. The maximum absolute atomic E-state index is 11.4. The van der Waals surface area contributed by atoms with E-state index in [2.05, 4.69) is 25.3 Å². The lowest BCUT2D eigenvalue weighted by atomic mass is 10.4. The quantitative estimate of drug-likeness (QED) is 0.812. The second-order valence-corrected chi connectivity index (χ2v) is 4.52. The monoisotopic (exact) mass is 267 g/mol. The SMILES string of the molecule is COC(=O)c1sc(NCCn2ccnn2)nc1C. The minimum Gasteiger partial charge on any atom is -0.465 e. The van der Waals surface area contributed by atoms with Crippen molar-refractivity contribution in [3.05, 3.63) is 23.0 Å². The topological polar surface area (TPSA) is 81.9 Å². The number of nitrogens with zero attached hydrogens (tertiary/aromatic N) is 4. The van der Waals surface area contributed by atoms with Crippen molar-refractivity contribution in [2.75, 3.05) is 19.0 Å². The fourth-order valence-corrected chi connectivity index (χ4v) is 2.29. The third-order valence-corrected chi connectivity index (χ3v) is 3.35. The predicted octanol–water partition coefficient (Wildman–Crippen LogP) is 0.942. The lowest BCUT2D eigenvalue weighted by Crippen LogP contribution is -2.10. The second-order valence-electron chi connectivity index (χ2n) is 3.52. The number of esters is 1. The lowest BCUT2D eigenvalue weighted by Gasteiger charge is -2.01. The molecule has 8 heteroatoms. The number of aryl methyl sites for hydroxylation is 1. The van der Waals surface area contributed by atoms with Crippen LogP contribution >= 0.6 is 11.3 Å². The van der Waals surface area contributed by atoms with Gasteiger partial charge in [0.25, 0.3) is 0 Å². The molecule has 2 rings (SSSR count). The molecule has 0 bridgehead atoms. The molecule has 0 saturated carbocycles. The molecule has 0 radical (unpaired) electrons. The molecule has 0 atom stereocenters. The lowest BCUT2D eigenvalue weighted by molar-refractivity contribution is 0.0605. The van der Waals surface area contributed by atoms with Gasteiger partial charge < -0.3 is 10.1 Å². The number of methoxy groups -OCH3 is 1. The van der Waals surface area contributed by atoms with Crippen molar-refractivity contribution < 1.29 is 9.53 Å². The van der Waals surface area contributed by atoms with Gasteiger partial charge >= 0.3 is 5.97 Å². The molecule has 0 spiro atoms. The standard InChI is InChI=1S/C10H13N5O2S/c1-7-8(9(16)17-2)18-10(13-7)11-3-5-15-6-4-12-14-15/h4,6H,3,5H2,1-2H3,(H,11,13). The van der Waals surface area contributed by atoms with Crippen molar-refractivity contribution in [1.82, 2.24) is 20.0 Å². The fourth-order valence-electron chi connectivity index (χ4n) is 1.38. The molecule has 2 aromatic rings. The van der Waals surface area contributed by atoms with Gasteiger partial charge in [-0.2, -0.15) is 0 Å². The van der Waals surface area contributed by atoms with E-state index in [1.54, 1.807) is 24.0 Å². The largest absolute Gasteiger partial charge is 0.465 e. The number of aromatic nitrogens is 4. The minimum atomic E-state index is -0.352. The van der Waals surface area contributed by atoms with Gasteiger partial charge in [-0.25, -0.2) is 9.78 Å². The molecule has 0 unspecified atom stereocenters. The molecule has 96 valence electrons. The highest BCUT2D eigenvalue weighted by molar-refractivity contribution is 7.17. The number of nitrogens with one attached hydrogen (secondary N) is 1. The third-order valence-electron chi connectivity index (χ3n) is 2.26. The summed E-state index contributed by atoms with van der Waals surface area (Å²) in [5.74, 6) is -0.352. The van der Waals surface area contributed by atoms with E-state index in [4.69, 9.17) is 0 Å². The molecule has 2 aromatic heterocycles. The van der Waals surface area contributed by atoms with Gasteiger partial charge in [-0.3, -0.25) is 4.68 Å². The van der Waals surface area contributed by atoms with Crippen LogP contribution in [0.1, 0.15) is 15.4 Å². The van der Waals surface area contributed by atoms with Crippen molar-refractivity contribution in [2.24, 2.45) is 0 Å². The van der Waals surface area contributed by atoms with Crippen LogP contribution in [0.3, 0.4) is 0 Å². The van der Waals surface area contributed by atoms with Gasteiger partial charge in [0.1, 0.15) is 4.88 Å². The summed E-state index contributed by atoms with van der Waals surface area (Å²) in [6.07, 6.45) is 3.41. The normalized spacial score (nSPS) is 10.3. The Balaban J connectivity index is 1.92. The molecule has 2 heterocycles. The Morgan fingerprint density at radius 2 is 2.44 bits per heavy atom. The minimum absolute atomic E-state index is 0.352. The maximum Gasteiger partial charge on any atom is 0.350 e. The molecule has 7 nitrogen and oxygen atoms in total. The number of hydrogen-bond acceptors (Lipinski definition) is 7. The van der Waals surface area contributed by atoms with Crippen LogP contribution in [0.25, 0.3) is 0 Å². The van der Waals surface area contributed by atoms with Crippen LogP contribution in [0, 0.1) is 6.92 Å². The number of hydrogen-bond donors (Lipinski definition) is 1. The van der Waals surface area contributed by atoms with E-state index in [1.807, 2.05) is 0 Å². The molecule has 0 saturated heterocycles. The molecule has 0 fully saturated rings. The van der Waals surface area contributed by atoms with Crippen LogP contribution in [-0.2, 0) is 11.3 Å². The molecule has 0 amide bonds. The Kier molecular flexibility index (Phi) is 3.88. The number of rotatable bonds is 5. The molecular formula is C10H13N5O2S. The molecule has 0 aliphatic rings. The molecule has 1 N–H and O–H groups in total. The zero-order valence-corrected chi connectivity index (χ0v) is 10.9. The summed E-state index contributed by atoms with van der Waals surface area (Å²) in [5.41, 5.74) is 0.676.